The van der Waals surface area contributed by atoms with Crippen molar-refractivity contribution < 1.29 is 8.42 Å². The molecule has 0 saturated carbocycles. The quantitative estimate of drug-likeness (QED) is 0.690. The Morgan fingerprint density at radius 3 is 2.00 bits per heavy atom. The summed E-state index contributed by atoms with van der Waals surface area (Å²) in [5.41, 5.74) is 0. The van der Waals surface area contributed by atoms with Crippen molar-refractivity contribution in [3.63, 3.8) is 0 Å². The van der Waals surface area contributed by atoms with Crippen LogP contribution in [0, 0.1) is 0 Å². The zero-order valence-electron chi connectivity index (χ0n) is 7.78. The van der Waals surface area contributed by atoms with Crippen molar-refractivity contribution in [2.24, 2.45) is 0 Å². The lowest BCUT2D eigenvalue weighted by atomic mass is 10.4. The van der Waals surface area contributed by atoms with Crippen LogP contribution in [0.4, 0.5) is 0 Å². The summed E-state index contributed by atoms with van der Waals surface area (Å²) >= 11 is 3.23. The van der Waals surface area contributed by atoms with Gasteiger partial charge >= 0.3 is 0 Å². The fourth-order valence-corrected chi connectivity index (χ4v) is 2.25. The molecular weight excluding hydrogens is 244 g/mol. The van der Waals surface area contributed by atoms with Crippen LogP contribution in [-0.2, 0) is 10.2 Å². The molecule has 0 aromatic carbocycles. The molecule has 0 spiro atoms. The van der Waals surface area contributed by atoms with Crippen LogP contribution in [0.5, 0.6) is 0 Å². The Labute approximate surface area is 82.8 Å². The molecule has 1 atom stereocenters. The van der Waals surface area contributed by atoms with Gasteiger partial charge in [0.2, 0.25) is 0 Å². The van der Waals surface area contributed by atoms with E-state index in [1.54, 1.807) is 7.05 Å². The van der Waals surface area contributed by atoms with Gasteiger partial charge in [-0.1, -0.05) is 15.9 Å². The molecule has 0 rings (SSSR count). The summed E-state index contributed by atoms with van der Waals surface area (Å²) in [6, 6.07) is -0.0302. The molecule has 0 saturated heterocycles. The molecule has 1 unspecified atom stereocenters. The minimum absolute atomic E-state index is 0.0302. The highest BCUT2D eigenvalue weighted by molar-refractivity contribution is 9.09. The normalized spacial score (nSPS) is 15.6. The van der Waals surface area contributed by atoms with Crippen LogP contribution in [0.3, 0.4) is 0 Å². The molecule has 0 aliphatic heterocycles. The van der Waals surface area contributed by atoms with E-state index in [9.17, 15) is 8.42 Å². The van der Waals surface area contributed by atoms with Crippen LogP contribution < -0.4 is 0 Å². The van der Waals surface area contributed by atoms with Crippen LogP contribution in [-0.4, -0.2) is 49.5 Å². The van der Waals surface area contributed by atoms with Gasteiger partial charge in [-0.3, -0.25) is 0 Å². The van der Waals surface area contributed by atoms with Crippen molar-refractivity contribution in [1.82, 2.24) is 8.61 Å². The largest absolute Gasteiger partial charge is 0.281 e. The van der Waals surface area contributed by atoms with Gasteiger partial charge in [0.15, 0.2) is 0 Å². The second-order valence-corrected chi connectivity index (χ2v) is 5.66. The van der Waals surface area contributed by atoms with E-state index in [-0.39, 0.29) is 6.04 Å². The molecule has 0 radical (unpaired) electrons. The lowest BCUT2D eigenvalue weighted by molar-refractivity contribution is 0.378. The van der Waals surface area contributed by atoms with E-state index >= 15 is 0 Å². The number of alkyl halides is 1. The summed E-state index contributed by atoms with van der Waals surface area (Å²) in [5.74, 6) is 0. The van der Waals surface area contributed by atoms with E-state index < -0.39 is 10.2 Å². The Morgan fingerprint density at radius 1 is 1.33 bits per heavy atom. The fourth-order valence-electron chi connectivity index (χ4n) is 0.582. The molecule has 0 aliphatic rings. The molecule has 0 fully saturated rings. The first-order valence-corrected chi connectivity index (χ1v) is 6.07. The first-order chi connectivity index (χ1) is 5.34. The van der Waals surface area contributed by atoms with Crippen molar-refractivity contribution in [2.45, 2.75) is 13.0 Å². The molecule has 12 heavy (non-hydrogen) atoms. The monoisotopic (exact) mass is 258 g/mol. The number of halogens is 1. The Bertz CT molecular complexity index is 228. The summed E-state index contributed by atoms with van der Waals surface area (Å²) < 4.78 is 25.5. The molecule has 74 valence electrons. The van der Waals surface area contributed by atoms with Gasteiger partial charge in [-0.2, -0.15) is 17.0 Å². The van der Waals surface area contributed by atoms with Gasteiger partial charge in [0.05, 0.1) is 0 Å². The molecule has 4 nitrogen and oxygen atoms in total. The maximum atomic E-state index is 11.5. The summed E-state index contributed by atoms with van der Waals surface area (Å²) in [7, 11) is 1.36. The minimum atomic E-state index is -3.25. The van der Waals surface area contributed by atoms with Crippen molar-refractivity contribution in [2.75, 3.05) is 26.5 Å². The van der Waals surface area contributed by atoms with Crippen LogP contribution >= 0.6 is 15.9 Å². The van der Waals surface area contributed by atoms with Gasteiger partial charge in [0.25, 0.3) is 10.2 Å². The molecule has 0 aromatic rings. The predicted octanol–water partition coefficient (Wildman–Crippen LogP) is 0.508. The Balaban J connectivity index is 4.58. The van der Waals surface area contributed by atoms with Crippen molar-refractivity contribution in [1.29, 1.82) is 0 Å². The fraction of sp³-hybridized carbons (Fsp3) is 1.00. The topological polar surface area (TPSA) is 40.6 Å². The van der Waals surface area contributed by atoms with E-state index in [0.717, 1.165) is 0 Å². The van der Waals surface area contributed by atoms with Gasteiger partial charge in [-0.25, -0.2) is 0 Å². The first kappa shape index (κ1) is 12.3. The third-order valence-corrected chi connectivity index (χ3v) is 4.62. The van der Waals surface area contributed by atoms with Gasteiger partial charge in [0.1, 0.15) is 0 Å². The second kappa shape index (κ2) is 4.55. The van der Waals surface area contributed by atoms with Gasteiger partial charge in [-0.15, -0.1) is 0 Å². The molecule has 0 bridgehead atoms. The van der Waals surface area contributed by atoms with E-state index in [4.69, 9.17) is 0 Å². The zero-order valence-corrected chi connectivity index (χ0v) is 10.2. The van der Waals surface area contributed by atoms with Crippen molar-refractivity contribution >= 4 is 26.1 Å². The smallest absolute Gasteiger partial charge is 0.195 e. The zero-order chi connectivity index (χ0) is 9.94. The molecule has 0 N–H and O–H groups in total. The molecular formula is C6H15BrN2O2S. The van der Waals surface area contributed by atoms with E-state index in [1.807, 2.05) is 6.92 Å². The van der Waals surface area contributed by atoms with Crippen LogP contribution in [0.1, 0.15) is 6.92 Å². The standard InChI is InChI=1S/C6H15BrN2O2S/c1-6(5-7)9(4)12(10,11)8(2)3/h6H,5H2,1-4H3. The van der Waals surface area contributed by atoms with E-state index in [2.05, 4.69) is 15.9 Å². The number of hydrogen-bond donors (Lipinski definition) is 0. The maximum Gasteiger partial charge on any atom is 0.281 e. The van der Waals surface area contributed by atoms with Gasteiger partial charge in [0, 0.05) is 32.5 Å². The Hall–Kier alpha value is 0.350. The van der Waals surface area contributed by atoms with E-state index in [1.165, 1.54) is 22.7 Å². The van der Waals surface area contributed by atoms with Gasteiger partial charge < -0.3 is 0 Å². The maximum absolute atomic E-state index is 11.5. The van der Waals surface area contributed by atoms with Crippen LogP contribution in [0.2, 0.25) is 0 Å². The minimum Gasteiger partial charge on any atom is -0.195 e. The number of nitrogens with zero attached hydrogens (tertiary/aromatic N) is 2. The third-order valence-electron chi connectivity index (χ3n) is 1.67. The molecule has 0 heterocycles. The van der Waals surface area contributed by atoms with Crippen molar-refractivity contribution in [3.8, 4) is 0 Å². The highest BCUT2D eigenvalue weighted by atomic mass is 79.9. The lowest BCUT2D eigenvalue weighted by Gasteiger charge is -2.25. The highest BCUT2D eigenvalue weighted by Crippen LogP contribution is 2.08. The summed E-state index contributed by atoms with van der Waals surface area (Å²) in [6.07, 6.45) is 0. The Morgan fingerprint density at radius 2 is 1.75 bits per heavy atom. The summed E-state index contributed by atoms with van der Waals surface area (Å²) in [6.45, 7) is 1.84. The van der Waals surface area contributed by atoms with Crippen LogP contribution in [0.25, 0.3) is 0 Å². The summed E-state index contributed by atoms with van der Waals surface area (Å²) in [5, 5.41) is 0.635. The molecule has 0 aliphatic carbocycles. The lowest BCUT2D eigenvalue weighted by Crippen LogP contribution is -2.42. The predicted molar refractivity (Wildman–Crippen MR) is 53.6 cm³/mol. The molecule has 0 amide bonds. The number of rotatable bonds is 4. The average Bonchev–Trinajstić information content (AvgIpc) is 2.01. The third kappa shape index (κ3) is 2.69. The highest BCUT2D eigenvalue weighted by Gasteiger charge is 2.24. The summed E-state index contributed by atoms with van der Waals surface area (Å²) in [4.78, 5) is 0. The molecule has 0 aromatic heterocycles. The molecule has 6 heteroatoms. The average molecular weight is 259 g/mol. The van der Waals surface area contributed by atoms with E-state index in [0.29, 0.717) is 5.33 Å². The van der Waals surface area contributed by atoms with Crippen LogP contribution in [0.15, 0.2) is 0 Å². The first-order valence-electron chi connectivity index (χ1n) is 3.55. The SMILES string of the molecule is CC(CBr)N(C)S(=O)(=O)N(C)C. The Kier molecular flexibility index (Phi) is 4.68. The number of hydrogen-bond acceptors (Lipinski definition) is 2. The van der Waals surface area contributed by atoms with Crippen molar-refractivity contribution in [3.05, 3.63) is 0 Å². The second-order valence-electron chi connectivity index (χ2n) is 2.81. The van der Waals surface area contributed by atoms with Gasteiger partial charge in [-0.05, 0) is 6.92 Å².